The number of nitrogens with two attached hydrogens (primary N) is 1. The van der Waals surface area contributed by atoms with Gasteiger partial charge in [-0.05, 0) is 18.9 Å². The number of rotatable bonds is 3. The molecule has 80 valence electrons. The van der Waals surface area contributed by atoms with Crippen LogP contribution in [-0.4, -0.2) is 23.6 Å². The summed E-state index contributed by atoms with van der Waals surface area (Å²) in [6.07, 6.45) is 1.26. The zero-order valence-corrected chi connectivity index (χ0v) is 9.78. The molecule has 0 saturated heterocycles. The number of primary amides is 1. The van der Waals surface area contributed by atoms with E-state index in [0.29, 0.717) is 6.61 Å². The van der Waals surface area contributed by atoms with Gasteiger partial charge in [0.1, 0.15) is 0 Å². The summed E-state index contributed by atoms with van der Waals surface area (Å²) in [6, 6.07) is 0. The Balaban J connectivity index is 2.76. The molecule has 0 aromatic carbocycles. The van der Waals surface area contributed by atoms with E-state index in [9.17, 15) is 4.79 Å². The molecular formula is C9H14BrNO3. The number of ether oxygens (including phenoxy) is 2. The monoisotopic (exact) mass is 263 g/mol. The molecule has 0 unspecified atom stereocenters. The fraction of sp³-hybridized carbons (Fsp3) is 0.667. The number of allylic oxidation sites excluding steroid dienone is 1. The Morgan fingerprint density at radius 2 is 2.43 bits per heavy atom. The van der Waals surface area contributed by atoms with Gasteiger partial charge < -0.3 is 15.2 Å². The van der Waals surface area contributed by atoms with Crippen LogP contribution in [0.3, 0.4) is 0 Å². The maximum absolute atomic E-state index is 10.9. The lowest BCUT2D eigenvalue weighted by atomic mass is 10.0. The maximum atomic E-state index is 10.9. The molecule has 1 amide bonds. The Kier molecular flexibility index (Phi) is 3.95. The van der Waals surface area contributed by atoms with E-state index in [1.807, 2.05) is 13.8 Å². The van der Waals surface area contributed by atoms with Crippen LogP contribution in [0, 0.1) is 5.92 Å². The third-order valence-corrected chi connectivity index (χ3v) is 3.26. The Morgan fingerprint density at radius 1 is 1.79 bits per heavy atom. The molecule has 1 aliphatic rings. The summed E-state index contributed by atoms with van der Waals surface area (Å²) in [6.45, 7) is 4.37. The van der Waals surface area contributed by atoms with E-state index in [2.05, 4.69) is 15.9 Å². The van der Waals surface area contributed by atoms with Crippen LogP contribution in [0.2, 0.25) is 0 Å². The minimum Gasteiger partial charge on any atom is -0.458 e. The summed E-state index contributed by atoms with van der Waals surface area (Å²) in [7, 11) is 0. The van der Waals surface area contributed by atoms with E-state index in [4.69, 9.17) is 15.2 Å². The maximum Gasteiger partial charge on any atom is 0.283 e. The van der Waals surface area contributed by atoms with Crippen molar-refractivity contribution < 1.29 is 14.3 Å². The Bertz CT molecular complexity index is 254. The summed E-state index contributed by atoms with van der Waals surface area (Å²) in [5.41, 5.74) is 5.13. The van der Waals surface area contributed by atoms with Crippen molar-refractivity contribution >= 4 is 21.8 Å². The highest BCUT2D eigenvalue weighted by molar-refractivity contribution is 9.09. The molecule has 1 aliphatic heterocycles. The molecule has 0 saturated carbocycles. The smallest absolute Gasteiger partial charge is 0.283 e. The third kappa shape index (κ3) is 2.48. The van der Waals surface area contributed by atoms with E-state index in [1.54, 1.807) is 6.08 Å². The average molecular weight is 264 g/mol. The van der Waals surface area contributed by atoms with Crippen molar-refractivity contribution in [2.24, 2.45) is 11.7 Å². The fourth-order valence-electron chi connectivity index (χ4n) is 1.24. The first kappa shape index (κ1) is 11.5. The van der Waals surface area contributed by atoms with Crippen LogP contribution in [0.4, 0.5) is 0 Å². The topological polar surface area (TPSA) is 61.6 Å². The first-order valence-electron chi connectivity index (χ1n) is 4.50. The van der Waals surface area contributed by atoms with Gasteiger partial charge in [0.05, 0.1) is 4.83 Å². The van der Waals surface area contributed by atoms with E-state index < -0.39 is 12.2 Å². The zero-order chi connectivity index (χ0) is 10.7. The van der Waals surface area contributed by atoms with Crippen LogP contribution in [0.15, 0.2) is 11.8 Å². The van der Waals surface area contributed by atoms with Crippen LogP contribution < -0.4 is 5.73 Å². The minimum atomic E-state index is -0.555. The van der Waals surface area contributed by atoms with Crippen LogP contribution in [-0.2, 0) is 14.3 Å². The molecule has 0 aliphatic carbocycles. The molecule has 14 heavy (non-hydrogen) atoms. The van der Waals surface area contributed by atoms with E-state index in [1.165, 1.54) is 0 Å². The van der Waals surface area contributed by atoms with E-state index in [0.717, 1.165) is 0 Å². The summed E-state index contributed by atoms with van der Waals surface area (Å²) in [5.74, 6) is -0.213. The summed E-state index contributed by atoms with van der Waals surface area (Å²) in [5, 5.41) is 0. The largest absolute Gasteiger partial charge is 0.458 e. The number of carbonyl (C=O) groups excluding carboxylic acids is 1. The first-order valence-corrected chi connectivity index (χ1v) is 5.41. The highest BCUT2D eigenvalue weighted by Crippen LogP contribution is 2.28. The van der Waals surface area contributed by atoms with Gasteiger partial charge in [-0.1, -0.05) is 22.9 Å². The van der Waals surface area contributed by atoms with Gasteiger partial charge in [0, 0.05) is 6.61 Å². The van der Waals surface area contributed by atoms with Gasteiger partial charge in [0.2, 0.25) is 6.29 Å². The molecule has 5 heteroatoms. The zero-order valence-electron chi connectivity index (χ0n) is 8.20. The Hall–Kier alpha value is -0.550. The second-order valence-corrected chi connectivity index (χ2v) is 4.20. The van der Waals surface area contributed by atoms with Gasteiger partial charge in [-0.15, -0.1) is 0 Å². The molecule has 0 fully saturated rings. The van der Waals surface area contributed by atoms with Crippen molar-refractivity contribution in [2.75, 3.05) is 6.61 Å². The van der Waals surface area contributed by atoms with Gasteiger partial charge >= 0.3 is 0 Å². The molecule has 1 heterocycles. The van der Waals surface area contributed by atoms with Crippen molar-refractivity contribution in [1.29, 1.82) is 0 Å². The number of amides is 1. The van der Waals surface area contributed by atoms with E-state index in [-0.39, 0.29) is 16.5 Å². The molecule has 0 radical (unpaired) electrons. The van der Waals surface area contributed by atoms with Gasteiger partial charge in [-0.3, -0.25) is 4.79 Å². The lowest BCUT2D eigenvalue weighted by Gasteiger charge is -2.31. The van der Waals surface area contributed by atoms with Gasteiger partial charge in [0.15, 0.2) is 5.76 Å². The first-order chi connectivity index (χ1) is 6.56. The minimum absolute atomic E-state index is 0.0468. The molecule has 0 aromatic heterocycles. The van der Waals surface area contributed by atoms with Crippen molar-refractivity contribution in [3.8, 4) is 0 Å². The molecule has 0 aromatic rings. The highest BCUT2D eigenvalue weighted by Gasteiger charge is 2.32. The molecule has 2 N–H and O–H groups in total. The Labute approximate surface area is 91.6 Å². The van der Waals surface area contributed by atoms with Crippen molar-refractivity contribution in [1.82, 2.24) is 0 Å². The predicted molar refractivity (Wildman–Crippen MR) is 55.7 cm³/mol. The van der Waals surface area contributed by atoms with Crippen molar-refractivity contribution in [2.45, 2.75) is 25.0 Å². The standard InChI is InChI=1S/C9H14BrNO3/c1-3-13-9-7(10)5(2)4-6(14-9)8(11)12/h4-5,7,9H,3H2,1-2H3,(H2,11,12)/t5-,7+,9+/m1/s1. The van der Waals surface area contributed by atoms with Gasteiger partial charge in [-0.25, -0.2) is 0 Å². The summed E-state index contributed by atoms with van der Waals surface area (Å²) >= 11 is 3.45. The summed E-state index contributed by atoms with van der Waals surface area (Å²) in [4.78, 5) is 11.0. The average Bonchev–Trinajstić information content (AvgIpc) is 2.12. The predicted octanol–water partition coefficient (Wildman–Crippen LogP) is 1.15. The number of halogens is 1. The molecular weight excluding hydrogens is 250 g/mol. The molecule has 0 spiro atoms. The number of hydrogen-bond acceptors (Lipinski definition) is 3. The molecule has 3 atom stereocenters. The van der Waals surface area contributed by atoms with E-state index >= 15 is 0 Å². The van der Waals surface area contributed by atoms with Crippen LogP contribution in [0.5, 0.6) is 0 Å². The van der Waals surface area contributed by atoms with Crippen molar-refractivity contribution in [3.05, 3.63) is 11.8 Å². The van der Waals surface area contributed by atoms with Crippen LogP contribution >= 0.6 is 15.9 Å². The SMILES string of the molecule is CCO[C@H]1OC(C(N)=O)=C[C@@H](C)[C@@H]1Br. The normalized spacial score (nSPS) is 31.9. The second-order valence-electron chi connectivity index (χ2n) is 3.14. The lowest BCUT2D eigenvalue weighted by molar-refractivity contribution is -0.141. The molecule has 1 rings (SSSR count). The molecule has 4 nitrogen and oxygen atoms in total. The van der Waals surface area contributed by atoms with Crippen LogP contribution in [0.25, 0.3) is 0 Å². The van der Waals surface area contributed by atoms with Crippen LogP contribution in [0.1, 0.15) is 13.8 Å². The molecule has 0 bridgehead atoms. The Morgan fingerprint density at radius 3 is 2.93 bits per heavy atom. The number of carbonyl (C=O) groups is 1. The number of alkyl halides is 1. The fourth-order valence-corrected chi connectivity index (χ4v) is 1.65. The third-order valence-electron chi connectivity index (χ3n) is 1.99. The summed E-state index contributed by atoms with van der Waals surface area (Å²) < 4.78 is 10.6. The van der Waals surface area contributed by atoms with Crippen molar-refractivity contribution in [3.63, 3.8) is 0 Å². The lowest BCUT2D eigenvalue weighted by Crippen LogP contribution is -2.37. The van der Waals surface area contributed by atoms with Gasteiger partial charge in [-0.2, -0.15) is 0 Å². The second kappa shape index (κ2) is 4.79. The highest BCUT2D eigenvalue weighted by atomic mass is 79.9. The number of hydrogen-bond donors (Lipinski definition) is 1. The van der Waals surface area contributed by atoms with Gasteiger partial charge in [0.25, 0.3) is 5.91 Å². The quantitative estimate of drug-likeness (QED) is 0.778.